The Morgan fingerprint density at radius 1 is 0.947 bits per heavy atom. The SMILES string of the molecule is Cc1ccc(CC(O)Cc2ccccc2Cl)c(Cl)c1. The van der Waals surface area contributed by atoms with Gasteiger partial charge in [0.15, 0.2) is 0 Å². The molecule has 2 aromatic rings. The first-order valence-electron chi connectivity index (χ1n) is 6.23. The molecule has 0 aliphatic carbocycles. The van der Waals surface area contributed by atoms with Gasteiger partial charge in [-0.05, 0) is 35.7 Å². The van der Waals surface area contributed by atoms with Crippen molar-refractivity contribution in [1.29, 1.82) is 0 Å². The number of rotatable bonds is 4. The van der Waals surface area contributed by atoms with E-state index in [1.165, 1.54) is 0 Å². The average molecular weight is 295 g/mol. The van der Waals surface area contributed by atoms with E-state index in [4.69, 9.17) is 23.2 Å². The van der Waals surface area contributed by atoms with Crippen LogP contribution in [0.2, 0.25) is 10.0 Å². The molecule has 0 bridgehead atoms. The van der Waals surface area contributed by atoms with Crippen molar-refractivity contribution in [2.45, 2.75) is 25.9 Å². The van der Waals surface area contributed by atoms with Gasteiger partial charge in [0.1, 0.15) is 0 Å². The van der Waals surface area contributed by atoms with Crippen LogP contribution in [0.15, 0.2) is 42.5 Å². The first-order chi connectivity index (χ1) is 9.06. The predicted molar refractivity (Wildman–Crippen MR) is 81.1 cm³/mol. The minimum absolute atomic E-state index is 0.486. The zero-order valence-electron chi connectivity index (χ0n) is 10.7. The van der Waals surface area contributed by atoms with E-state index in [1.54, 1.807) is 0 Å². The molecule has 1 atom stereocenters. The Balaban J connectivity index is 2.05. The fourth-order valence-corrected chi connectivity index (χ4v) is 2.59. The predicted octanol–water partition coefficient (Wildman–Crippen LogP) is 4.45. The Hall–Kier alpha value is -1.02. The van der Waals surface area contributed by atoms with E-state index < -0.39 is 6.10 Å². The summed E-state index contributed by atoms with van der Waals surface area (Å²) in [5.41, 5.74) is 3.04. The highest BCUT2D eigenvalue weighted by atomic mass is 35.5. The zero-order valence-corrected chi connectivity index (χ0v) is 12.2. The van der Waals surface area contributed by atoms with Gasteiger partial charge in [-0.3, -0.25) is 0 Å². The van der Waals surface area contributed by atoms with E-state index in [0.717, 1.165) is 16.7 Å². The van der Waals surface area contributed by atoms with E-state index in [0.29, 0.717) is 22.9 Å². The van der Waals surface area contributed by atoms with Crippen LogP contribution in [0.4, 0.5) is 0 Å². The van der Waals surface area contributed by atoms with Gasteiger partial charge in [-0.2, -0.15) is 0 Å². The summed E-state index contributed by atoms with van der Waals surface area (Å²) >= 11 is 12.3. The summed E-state index contributed by atoms with van der Waals surface area (Å²) in [6.45, 7) is 2.00. The highest BCUT2D eigenvalue weighted by molar-refractivity contribution is 6.31. The molecular formula is C16H16Cl2O. The van der Waals surface area contributed by atoms with E-state index in [-0.39, 0.29) is 0 Å². The van der Waals surface area contributed by atoms with Gasteiger partial charge in [0.2, 0.25) is 0 Å². The van der Waals surface area contributed by atoms with E-state index in [1.807, 2.05) is 49.4 Å². The number of hydrogen-bond donors (Lipinski definition) is 1. The molecule has 0 fully saturated rings. The molecule has 0 spiro atoms. The van der Waals surface area contributed by atoms with Crippen molar-refractivity contribution >= 4 is 23.2 Å². The van der Waals surface area contributed by atoms with Crippen molar-refractivity contribution in [3.63, 3.8) is 0 Å². The van der Waals surface area contributed by atoms with Crippen molar-refractivity contribution in [3.05, 3.63) is 69.2 Å². The summed E-state index contributed by atoms with van der Waals surface area (Å²) in [4.78, 5) is 0. The van der Waals surface area contributed by atoms with Crippen LogP contribution in [0.3, 0.4) is 0 Å². The smallest absolute Gasteiger partial charge is 0.0621 e. The second-order valence-corrected chi connectivity index (χ2v) is 5.56. The molecule has 100 valence electrons. The number of halogens is 2. The molecule has 2 rings (SSSR count). The van der Waals surface area contributed by atoms with Crippen molar-refractivity contribution in [2.75, 3.05) is 0 Å². The number of benzene rings is 2. The van der Waals surface area contributed by atoms with Gasteiger partial charge in [0, 0.05) is 22.9 Å². The van der Waals surface area contributed by atoms with Crippen LogP contribution in [0, 0.1) is 6.92 Å². The van der Waals surface area contributed by atoms with Gasteiger partial charge in [-0.1, -0.05) is 53.5 Å². The summed E-state index contributed by atoms with van der Waals surface area (Å²) in [5.74, 6) is 0. The van der Waals surface area contributed by atoms with Crippen molar-refractivity contribution in [2.24, 2.45) is 0 Å². The molecule has 3 heteroatoms. The van der Waals surface area contributed by atoms with Crippen molar-refractivity contribution in [1.82, 2.24) is 0 Å². The van der Waals surface area contributed by atoms with Crippen molar-refractivity contribution < 1.29 is 5.11 Å². The fourth-order valence-electron chi connectivity index (χ4n) is 2.06. The van der Waals surface area contributed by atoms with Gasteiger partial charge >= 0.3 is 0 Å². The van der Waals surface area contributed by atoms with Crippen LogP contribution in [0.1, 0.15) is 16.7 Å². The maximum Gasteiger partial charge on any atom is 0.0621 e. The van der Waals surface area contributed by atoms with Gasteiger partial charge in [0.05, 0.1) is 6.10 Å². The summed E-state index contributed by atoms with van der Waals surface area (Å²) in [6.07, 6.45) is 0.578. The maximum atomic E-state index is 10.2. The highest BCUT2D eigenvalue weighted by Gasteiger charge is 2.11. The fraction of sp³-hybridized carbons (Fsp3) is 0.250. The van der Waals surface area contributed by atoms with Gasteiger partial charge in [-0.15, -0.1) is 0 Å². The van der Waals surface area contributed by atoms with Crippen LogP contribution >= 0.6 is 23.2 Å². The zero-order chi connectivity index (χ0) is 13.8. The van der Waals surface area contributed by atoms with Crippen molar-refractivity contribution in [3.8, 4) is 0 Å². The lowest BCUT2D eigenvalue weighted by Crippen LogP contribution is -2.14. The first-order valence-corrected chi connectivity index (χ1v) is 6.98. The summed E-state index contributed by atoms with van der Waals surface area (Å²) < 4.78 is 0. The van der Waals surface area contributed by atoms with Crippen LogP contribution in [-0.4, -0.2) is 11.2 Å². The topological polar surface area (TPSA) is 20.2 Å². The Morgan fingerprint density at radius 3 is 2.21 bits per heavy atom. The molecule has 0 amide bonds. The molecule has 0 aliphatic rings. The number of hydrogen-bond acceptors (Lipinski definition) is 1. The highest BCUT2D eigenvalue weighted by Crippen LogP contribution is 2.22. The van der Waals surface area contributed by atoms with Crippen LogP contribution in [0.5, 0.6) is 0 Å². The molecule has 0 aliphatic heterocycles. The largest absolute Gasteiger partial charge is 0.392 e. The molecule has 19 heavy (non-hydrogen) atoms. The molecule has 0 radical (unpaired) electrons. The van der Waals surface area contributed by atoms with Gasteiger partial charge < -0.3 is 5.11 Å². The first kappa shape index (κ1) is 14.4. The summed E-state index contributed by atoms with van der Waals surface area (Å²) in [5, 5.41) is 11.6. The average Bonchev–Trinajstić information content (AvgIpc) is 2.36. The molecule has 1 nitrogen and oxygen atoms in total. The van der Waals surface area contributed by atoms with E-state index in [9.17, 15) is 5.11 Å². The molecule has 1 unspecified atom stereocenters. The minimum Gasteiger partial charge on any atom is -0.392 e. The van der Waals surface area contributed by atoms with Gasteiger partial charge in [0.25, 0.3) is 0 Å². The Bertz CT molecular complexity index is 566. The third-order valence-electron chi connectivity index (χ3n) is 3.08. The van der Waals surface area contributed by atoms with E-state index in [2.05, 4.69) is 0 Å². The normalized spacial score (nSPS) is 12.4. The van der Waals surface area contributed by atoms with Crippen LogP contribution < -0.4 is 0 Å². The Kier molecular flexibility index (Phi) is 4.87. The molecular weight excluding hydrogens is 279 g/mol. The monoisotopic (exact) mass is 294 g/mol. The number of aliphatic hydroxyl groups is 1. The van der Waals surface area contributed by atoms with E-state index >= 15 is 0 Å². The second kappa shape index (κ2) is 6.42. The van der Waals surface area contributed by atoms with Crippen LogP contribution in [-0.2, 0) is 12.8 Å². The number of aryl methyl sites for hydroxylation is 1. The summed E-state index contributed by atoms with van der Waals surface area (Å²) in [6, 6.07) is 13.5. The number of aliphatic hydroxyl groups excluding tert-OH is 1. The van der Waals surface area contributed by atoms with Gasteiger partial charge in [-0.25, -0.2) is 0 Å². The molecule has 1 N–H and O–H groups in total. The summed E-state index contributed by atoms with van der Waals surface area (Å²) in [7, 11) is 0. The third-order valence-corrected chi connectivity index (χ3v) is 3.80. The Labute approximate surface area is 123 Å². The van der Waals surface area contributed by atoms with Crippen LogP contribution in [0.25, 0.3) is 0 Å². The lowest BCUT2D eigenvalue weighted by Gasteiger charge is -2.13. The minimum atomic E-state index is -0.486. The molecule has 0 aromatic heterocycles. The third kappa shape index (κ3) is 3.97. The molecule has 0 saturated carbocycles. The second-order valence-electron chi connectivity index (χ2n) is 4.75. The quantitative estimate of drug-likeness (QED) is 0.883. The molecule has 0 heterocycles. The lowest BCUT2D eigenvalue weighted by molar-refractivity contribution is 0.175. The molecule has 0 saturated heterocycles. The maximum absolute atomic E-state index is 10.2. The lowest BCUT2D eigenvalue weighted by atomic mass is 10.0. The standard InChI is InChI=1S/C16H16Cl2O/c1-11-6-7-13(16(18)8-11)10-14(19)9-12-4-2-3-5-15(12)17/h2-8,14,19H,9-10H2,1H3. The Morgan fingerprint density at radius 2 is 1.58 bits per heavy atom. The molecule has 2 aromatic carbocycles.